The Kier molecular flexibility index (Phi) is 7.51. The van der Waals surface area contributed by atoms with Crippen LogP contribution in [0.2, 0.25) is 5.02 Å². The van der Waals surface area contributed by atoms with E-state index in [0.29, 0.717) is 5.02 Å². The van der Waals surface area contributed by atoms with Crippen LogP contribution in [0, 0.1) is 5.92 Å². The van der Waals surface area contributed by atoms with Crippen molar-refractivity contribution >= 4 is 23.0 Å². The van der Waals surface area contributed by atoms with Gasteiger partial charge < -0.3 is 10.3 Å². The number of rotatable bonds is 9. The van der Waals surface area contributed by atoms with Gasteiger partial charge >= 0.3 is 0 Å². The Morgan fingerprint density at radius 2 is 1.82 bits per heavy atom. The second kappa shape index (κ2) is 10.7. The van der Waals surface area contributed by atoms with Crippen molar-refractivity contribution in [3.8, 4) is 22.6 Å². The number of hydrogen-bond acceptors (Lipinski definition) is 2. The summed E-state index contributed by atoms with van der Waals surface area (Å²) in [6.45, 7) is 6.83. The summed E-state index contributed by atoms with van der Waals surface area (Å²) in [7, 11) is 0. The van der Waals surface area contributed by atoms with Crippen LogP contribution in [0.15, 0.2) is 72.9 Å². The Bertz CT molecular complexity index is 1200. The van der Waals surface area contributed by atoms with Crippen molar-refractivity contribution in [3.63, 3.8) is 0 Å². The average Bonchev–Trinajstić information content (AvgIpc) is 3.34. The highest BCUT2D eigenvalue weighted by Crippen LogP contribution is 2.33. The van der Waals surface area contributed by atoms with Crippen LogP contribution in [0.5, 0.6) is 0 Å². The lowest BCUT2D eigenvalue weighted by Crippen LogP contribution is -2.03. The van der Waals surface area contributed by atoms with Gasteiger partial charge in [-0.15, -0.1) is 0 Å². The zero-order chi connectivity index (χ0) is 23.2. The van der Waals surface area contributed by atoms with Crippen molar-refractivity contribution in [1.82, 2.24) is 9.97 Å². The van der Waals surface area contributed by atoms with Crippen LogP contribution in [0.25, 0.3) is 22.6 Å². The van der Waals surface area contributed by atoms with E-state index in [9.17, 15) is 0 Å². The number of aryl methyl sites for hydroxylation is 1. The predicted molar refractivity (Wildman–Crippen MR) is 141 cm³/mol. The molecule has 0 saturated carbocycles. The monoisotopic (exact) mass is 457 g/mol. The molecule has 2 N–H and O–H groups in total. The van der Waals surface area contributed by atoms with E-state index in [1.165, 1.54) is 29.7 Å². The molecule has 0 aliphatic heterocycles. The number of aromatic amines is 1. The van der Waals surface area contributed by atoms with Gasteiger partial charge in [-0.2, -0.15) is 0 Å². The molecule has 3 aromatic carbocycles. The van der Waals surface area contributed by atoms with Gasteiger partial charge in [0, 0.05) is 16.9 Å². The van der Waals surface area contributed by atoms with E-state index < -0.39 is 0 Å². The Balaban J connectivity index is 1.62. The number of nitrogens with one attached hydrogen (secondary N) is 2. The van der Waals surface area contributed by atoms with Gasteiger partial charge in [0.1, 0.15) is 5.82 Å². The van der Waals surface area contributed by atoms with Crippen molar-refractivity contribution in [1.29, 1.82) is 0 Å². The molecule has 0 bridgehead atoms. The molecule has 0 amide bonds. The lowest BCUT2D eigenvalue weighted by molar-refractivity contribution is 0.516. The van der Waals surface area contributed by atoms with Gasteiger partial charge in [-0.25, -0.2) is 4.98 Å². The molecule has 1 unspecified atom stereocenters. The third-order valence-electron chi connectivity index (χ3n) is 6.40. The Labute approximate surface area is 202 Å². The third-order valence-corrected chi connectivity index (χ3v) is 6.73. The Morgan fingerprint density at radius 1 is 1.00 bits per heavy atom. The molecule has 4 rings (SSSR count). The first-order chi connectivity index (χ1) is 16.1. The van der Waals surface area contributed by atoms with Gasteiger partial charge in [0.05, 0.1) is 16.9 Å². The van der Waals surface area contributed by atoms with Crippen molar-refractivity contribution in [2.45, 2.75) is 46.5 Å². The minimum absolute atomic E-state index is 0.675. The van der Waals surface area contributed by atoms with E-state index in [4.69, 9.17) is 11.6 Å². The second-order valence-electron chi connectivity index (χ2n) is 8.68. The molecule has 33 heavy (non-hydrogen) atoms. The van der Waals surface area contributed by atoms with Gasteiger partial charge in [0.15, 0.2) is 0 Å². The van der Waals surface area contributed by atoms with Gasteiger partial charge in [-0.05, 0) is 66.1 Å². The Morgan fingerprint density at radius 3 is 2.58 bits per heavy atom. The van der Waals surface area contributed by atoms with E-state index >= 15 is 0 Å². The molecular weight excluding hydrogens is 426 g/mol. The molecular formula is C29H32ClN3. The largest absolute Gasteiger partial charge is 0.355 e. The fourth-order valence-corrected chi connectivity index (χ4v) is 4.34. The molecule has 1 atom stereocenters. The van der Waals surface area contributed by atoms with E-state index in [1.807, 2.05) is 36.5 Å². The van der Waals surface area contributed by atoms with E-state index in [1.54, 1.807) is 0 Å². The maximum absolute atomic E-state index is 6.58. The van der Waals surface area contributed by atoms with Crippen LogP contribution in [-0.4, -0.2) is 9.97 Å². The standard InChI is InChI=1S/C29H32ClN3/c1-4-20(3)14-16-24-21(5-2)12-9-13-27(24)32-23-15-17-26(30)25(18-23)29-31-19-28(33-29)22-10-7-6-8-11-22/h6-13,15,17-20,32H,4-5,14,16H2,1-3H3,(H,31,33). The third kappa shape index (κ3) is 5.48. The number of benzene rings is 3. The Hall–Kier alpha value is -3.04. The molecule has 3 nitrogen and oxygen atoms in total. The first-order valence-corrected chi connectivity index (χ1v) is 12.2. The van der Waals surface area contributed by atoms with Crippen molar-refractivity contribution < 1.29 is 0 Å². The summed E-state index contributed by atoms with van der Waals surface area (Å²) in [5, 5.41) is 4.34. The van der Waals surface area contributed by atoms with Crippen LogP contribution in [0.1, 0.15) is 44.7 Å². The molecule has 170 valence electrons. The number of nitrogens with zero attached hydrogens (tertiary/aromatic N) is 1. The zero-order valence-corrected chi connectivity index (χ0v) is 20.4. The molecule has 0 radical (unpaired) electrons. The molecule has 0 aliphatic carbocycles. The van der Waals surface area contributed by atoms with Crippen molar-refractivity contribution in [2.24, 2.45) is 5.92 Å². The quantitative estimate of drug-likeness (QED) is 0.264. The van der Waals surface area contributed by atoms with Crippen LogP contribution in [-0.2, 0) is 12.8 Å². The first-order valence-electron chi connectivity index (χ1n) is 11.9. The smallest absolute Gasteiger partial charge is 0.139 e. The average molecular weight is 458 g/mol. The lowest BCUT2D eigenvalue weighted by atomic mass is 9.93. The first kappa shape index (κ1) is 23.1. The summed E-state index contributed by atoms with van der Waals surface area (Å²) < 4.78 is 0. The summed E-state index contributed by atoms with van der Waals surface area (Å²) >= 11 is 6.58. The minimum Gasteiger partial charge on any atom is -0.355 e. The lowest BCUT2D eigenvalue weighted by Gasteiger charge is -2.18. The molecule has 0 saturated heterocycles. The molecule has 4 aromatic rings. The highest BCUT2D eigenvalue weighted by Gasteiger charge is 2.13. The topological polar surface area (TPSA) is 40.7 Å². The van der Waals surface area contributed by atoms with Crippen LogP contribution in [0.4, 0.5) is 11.4 Å². The summed E-state index contributed by atoms with van der Waals surface area (Å²) in [6, 6.07) is 22.8. The summed E-state index contributed by atoms with van der Waals surface area (Å²) in [4.78, 5) is 8.03. The number of anilines is 2. The molecule has 1 heterocycles. The van der Waals surface area contributed by atoms with Gasteiger partial charge in [0.25, 0.3) is 0 Å². The van der Waals surface area contributed by atoms with E-state index in [2.05, 4.69) is 72.5 Å². The SMILES string of the molecule is CCc1cccc(Nc2ccc(Cl)c(-c3ncc(-c4ccccc4)[nH]3)c2)c1CCC(C)CC. The molecule has 0 fully saturated rings. The molecule has 1 aromatic heterocycles. The van der Waals surface area contributed by atoms with E-state index in [-0.39, 0.29) is 0 Å². The second-order valence-corrected chi connectivity index (χ2v) is 9.09. The highest BCUT2D eigenvalue weighted by atomic mass is 35.5. The fourth-order valence-electron chi connectivity index (χ4n) is 4.14. The normalized spacial score (nSPS) is 12.0. The van der Waals surface area contributed by atoms with Crippen LogP contribution in [0.3, 0.4) is 0 Å². The predicted octanol–water partition coefficient (Wildman–Crippen LogP) is 8.68. The number of H-pyrrole nitrogens is 1. The van der Waals surface area contributed by atoms with Gasteiger partial charge in [-0.3, -0.25) is 0 Å². The van der Waals surface area contributed by atoms with Crippen molar-refractivity contribution in [2.75, 3.05) is 5.32 Å². The van der Waals surface area contributed by atoms with Crippen molar-refractivity contribution in [3.05, 3.63) is 89.1 Å². The highest BCUT2D eigenvalue weighted by molar-refractivity contribution is 6.33. The summed E-state index contributed by atoms with van der Waals surface area (Å²) in [6.07, 6.45) is 6.39. The summed E-state index contributed by atoms with van der Waals surface area (Å²) in [5.41, 5.74) is 7.97. The van der Waals surface area contributed by atoms with Crippen LogP contribution < -0.4 is 5.32 Å². The minimum atomic E-state index is 0.675. The molecule has 4 heteroatoms. The number of imidazole rings is 1. The van der Waals surface area contributed by atoms with E-state index in [0.717, 1.165) is 47.1 Å². The number of halogens is 1. The fraction of sp³-hybridized carbons (Fsp3) is 0.276. The maximum Gasteiger partial charge on any atom is 0.139 e. The zero-order valence-electron chi connectivity index (χ0n) is 19.7. The van der Waals surface area contributed by atoms with Gasteiger partial charge in [-0.1, -0.05) is 81.3 Å². The number of aromatic nitrogens is 2. The maximum atomic E-state index is 6.58. The molecule has 0 spiro atoms. The van der Waals surface area contributed by atoms with Gasteiger partial charge in [0.2, 0.25) is 0 Å². The number of hydrogen-bond donors (Lipinski definition) is 2. The molecule has 0 aliphatic rings. The summed E-state index contributed by atoms with van der Waals surface area (Å²) in [5.74, 6) is 1.49. The van der Waals surface area contributed by atoms with Crippen LogP contribution >= 0.6 is 11.6 Å².